The van der Waals surface area contributed by atoms with Crippen LogP contribution in [-0.2, 0) is 11.2 Å². The Labute approximate surface area is 126 Å². The Bertz CT molecular complexity index is 529. The number of hydrogen-bond acceptors (Lipinski definition) is 4. The summed E-state index contributed by atoms with van der Waals surface area (Å²) in [4.78, 5) is 14.3. The van der Waals surface area contributed by atoms with Gasteiger partial charge in [-0.25, -0.2) is 0 Å². The number of piperidine rings is 2. The zero-order chi connectivity index (χ0) is 14.8. The van der Waals surface area contributed by atoms with Crippen LogP contribution in [0.25, 0.3) is 0 Å². The quantitative estimate of drug-likeness (QED) is 0.834. The molecule has 0 amide bonds. The van der Waals surface area contributed by atoms with Crippen LogP contribution >= 0.6 is 0 Å². The van der Waals surface area contributed by atoms with E-state index < -0.39 is 0 Å². The number of carbonyl (C=O) groups excluding carboxylic acids is 1. The van der Waals surface area contributed by atoms with Crippen LogP contribution in [0.15, 0.2) is 18.2 Å². The van der Waals surface area contributed by atoms with E-state index in [1.165, 1.54) is 12.0 Å². The van der Waals surface area contributed by atoms with Crippen molar-refractivity contribution in [2.45, 2.75) is 31.7 Å². The number of Topliss-reactive ketones (excluding diaryl/α,β-unsaturated/α-hetero) is 1. The third kappa shape index (κ3) is 2.91. The van der Waals surface area contributed by atoms with Crippen LogP contribution in [0.4, 0.5) is 0 Å². The third-order valence-electron chi connectivity index (χ3n) is 4.85. The van der Waals surface area contributed by atoms with Gasteiger partial charge in [0, 0.05) is 31.5 Å². The number of ether oxygens (including phenoxy) is 2. The van der Waals surface area contributed by atoms with Gasteiger partial charge in [0.15, 0.2) is 11.5 Å². The Hall–Kier alpha value is -1.55. The zero-order valence-corrected chi connectivity index (χ0v) is 12.8. The number of hydrogen-bond donors (Lipinski definition) is 0. The molecular weight excluding hydrogens is 266 g/mol. The third-order valence-corrected chi connectivity index (χ3v) is 4.85. The van der Waals surface area contributed by atoms with Gasteiger partial charge in [-0.3, -0.25) is 9.69 Å². The molecule has 2 heterocycles. The van der Waals surface area contributed by atoms with Crippen molar-refractivity contribution in [3.63, 3.8) is 0 Å². The molecule has 0 aromatic heterocycles. The van der Waals surface area contributed by atoms with Crippen molar-refractivity contribution >= 4 is 5.78 Å². The monoisotopic (exact) mass is 289 g/mol. The topological polar surface area (TPSA) is 38.8 Å². The molecule has 0 unspecified atom stereocenters. The smallest absolute Gasteiger partial charge is 0.160 e. The maximum Gasteiger partial charge on any atom is 0.160 e. The van der Waals surface area contributed by atoms with Crippen LogP contribution < -0.4 is 9.47 Å². The maximum atomic E-state index is 11.8. The van der Waals surface area contributed by atoms with Crippen molar-refractivity contribution < 1.29 is 14.3 Å². The first-order chi connectivity index (χ1) is 10.2. The van der Waals surface area contributed by atoms with E-state index >= 15 is 0 Å². The molecular formula is C17H23NO3. The summed E-state index contributed by atoms with van der Waals surface area (Å²) in [5.41, 5.74) is 1.25. The van der Waals surface area contributed by atoms with E-state index in [0.29, 0.717) is 17.7 Å². The highest BCUT2D eigenvalue weighted by atomic mass is 16.5. The molecule has 3 fully saturated rings. The van der Waals surface area contributed by atoms with Gasteiger partial charge in [-0.15, -0.1) is 0 Å². The molecule has 0 N–H and O–H groups in total. The molecule has 21 heavy (non-hydrogen) atoms. The summed E-state index contributed by atoms with van der Waals surface area (Å²) in [5.74, 6) is 2.32. The highest BCUT2D eigenvalue weighted by Crippen LogP contribution is 2.33. The Kier molecular flexibility index (Phi) is 4.15. The fourth-order valence-corrected chi connectivity index (χ4v) is 3.58. The number of methoxy groups -OCH3 is 2. The number of rotatable bonds is 5. The standard InChI is InChI=1S/C17H23NO3/c1-20-16-6-3-12(9-17(16)21-2)7-8-18-11-13-4-5-14(18)10-15(13)19/h3,6,9,13-14H,4-5,7-8,10-11H2,1-2H3/t13-,14-/m1/s1. The maximum absolute atomic E-state index is 11.8. The number of benzene rings is 1. The van der Waals surface area contributed by atoms with Crippen LogP contribution in [0.5, 0.6) is 11.5 Å². The first-order valence-corrected chi connectivity index (χ1v) is 7.69. The van der Waals surface area contributed by atoms with E-state index in [-0.39, 0.29) is 0 Å². The fourth-order valence-electron chi connectivity index (χ4n) is 3.58. The minimum absolute atomic E-state index is 0.292. The zero-order valence-electron chi connectivity index (χ0n) is 12.8. The van der Waals surface area contributed by atoms with Gasteiger partial charge in [0.1, 0.15) is 5.78 Å². The van der Waals surface area contributed by atoms with Crippen LogP contribution in [-0.4, -0.2) is 44.0 Å². The highest BCUT2D eigenvalue weighted by molar-refractivity contribution is 5.83. The molecule has 2 aliphatic heterocycles. The lowest BCUT2D eigenvalue weighted by Gasteiger charge is -2.44. The summed E-state index contributed by atoms with van der Waals surface area (Å²) in [5, 5.41) is 0. The lowest BCUT2D eigenvalue weighted by Crippen LogP contribution is -2.52. The normalized spacial score (nSPS) is 25.1. The summed E-state index contributed by atoms with van der Waals surface area (Å²) >= 11 is 0. The van der Waals surface area contributed by atoms with Gasteiger partial charge < -0.3 is 9.47 Å². The predicted octanol–water partition coefficient (Wildman–Crippen LogP) is 2.30. The van der Waals surface area contributed by atoms with Gasteiger partial charge in [0.05, 0.1) is 14.2 Å². The Balaban J connectivity index is 1.62. The van der Waals surface area contributed by atoms with Crippen LogP contribution in [0.2, 0.25) is 0 Å². The first-order valence-electron chi connectivity index (χ1n) is 7.69. The van der Waals surface area contributed by atoms with Crippen LogP contribution in [0, 0.1) is 5.92 Å². The lowest BCUT2D eigenvalue weighted by molar-refractivity contribution is -0.132. The van der Waals surface area contributed by atoms with Crippen molar-refractivity contribution in [3.05, 3.63) is 23.8 Å². The second-order valence-corrected chi connectivity index (χ2v) is 6.03. The Morgan fingerprint density at radius 3 is 2.62 bits per heavy atom. The van der Waals surface area contributed by atoms with E-state index in [1.54, 1.807) is 14.2 Å². The summed E-state index contributed by atoms with van der Waals surface area (Å²) in [6.45, 7) is 1.97. The largest absolute Gasteiger partial charge is 0.493 e. The van der Waals surface area contributed by atoms with Crippen LogP contribution in [0.1, 0.15) is 24.8 Å². The van der Waals surface area contributed by atoms with Crippen molar-refractivity contribution in [2.75, 3.05) is 27.3 Å². The predicted molar refractivity (Wildman–Crippen MR) is 81.0 cm³/mol. The van der Waals surface area contributed by atoms with E-state index in [0.717, 1.165) is 43.9 Å². The molecule has 1 aromatic rings. The second kappa shape index (κ2) is 6.06. The van der Waals surface area contributed by atoms with E-state index in [1.807, 2.05) is 12.1 Å². The molecule has 1 aliphatic carbocycles. The van der Waals surface area contributed by atoms with Gasteiger partial charge in [-0.2, -0.15) is 0 Å². The summed E-state index contributed by atoms with van der Waals surface area (Å²) < 4.78 is 10.6. The second-order valence-electron chi connectivity index (χ2n) is 6.03. The summed E-state index contributed by atoms with van der Waals surface area (Å²) in [6.07, 6.45) is 4.02. The van der Waals surface area contributed by atoms with Crippen LogP contribution in [0.3, 0.4) is 0 Å². The minimum atomic E-state index is 0.292. The first kappa shape index (κ1) is 14.4. The molecule has 1 saturated carbocycles. The van der Waals surface area contributed by atoms with Crippen molar-refractivity contribution in [3.8, 4) is 11.5 Å². The fraction of sp³-hybridized carbons (Fsp3) is 0.588. The molecule has 2 bridgehead atoms. The highest BCUT2D eigenvalue weighted by Gasteiger charge is 2.38. The number of carbonyl (C=O) groups is 1. The molecule has 4 nitrogen and oxygen atoms in total. The molecule has 2 atom stereocenters. The summed E-state index contributed by atoms with van der Waals surface area (Å²) in [6, 6.07) is 6.57. The SMILES string of the molecule is COc1ccc(CCN2C[C@H]3CC[C@@H]2CC3=O)cc1OC. The van der Waals surface area contributed by atoms with E-state index in [4.69, 9.17) is 9.47 Å². The Morgan fingerprint density at radius 1 is 1.19 bits per heavy atom. The van der Waals surface area contributed by atoms with E-state index in [9.17, 15) is 4.79 Å². The van der Waals surface area contributed by atoms with Gasteiger partial charge in [-0.05, 0) is 37.0 Å². The number of nitrogens with zero attached hydrogens (tertiary/aromatic N) is 1. The van der Waals surface area contributed by atoms with Crippen molar-refractivity contribution in [1.29, 1.82) is 0 Å². The van der Waals surface area contributed by atoms with E-state index in [2.05, 4.69) is 11.0 Å². The molecule has 4 rings (SSSR count). The number of ketones is 1. The average molecular weight is 289 g/mol. The molecule has 3 aliphatic rings. The molecule has 2 saturated heterocycles. The average Bonchev–Trinajstić information content (AvgIpc) is 2.53. The molecule has 4 heteroatoms. The molecule has 0 radical (unpaired) electrons. The number of fused-ring (bicyclic) bond motifs is 3. The lowest BCUT2D eigenvalue weighted by atomic mass is 9.79. The molecule has 1 aromatic carbocycles. The van der Waals surface area contributed by atoms with Gasteiger partial charge in [-0.1, -0.05) is 6.07 Å². The van der Waals surface area contributed by atoms with Gasteiger partial charge >= 0.3 is 0 Å². The summed E-state index contributed by atoms with van der Waals surface area (Å²) in [7, 11) is 3.32. The minimum Gasteiger partial charge on any atom is -0.493 e. The molecule has 114 valence electrons. The Morgan fingerprint density at radius 2 is 2.00 bits per heavy atom. The van der Waals surface area contributed by atoms with Gasteiger partial charge in [0.25, 0.3) is 0 Å². The van der Waals surface area contributed by atoms with Gasteiger partial charge in [0.2, 0.25) is 0 Å². The molecule has 0 spiro atoms. The van der Waals surface area contributed by atoms with Crippen molar-refractivity contribution in [2.24, 2.45) is 5.92 Å². The van der Waals surface area contributed by atoms with Crippen molar-refractivity contribution in [1.82, 2.24) is 4.90 Å².